The molecule has 0 rings (SSSR count). The molecule has 0 aromatic heterocycles. The maximum atomic E-state index is 11.4. The van der Waals surface area contributed by atoms with Gasteiger partial charge in [0.2, 0.25) is 0 Å². The summed E-state index contributed by atoms with van der Waals surface area (Å²) in [6.45, 7) is 1.81. The lowest BCUT2D eigenvalue weighted by atomic mass is 10.0. The molecule has 2 N–H and O–H groups in total. The lowest BCUT2D eigenvalue weighted by molar-refractivity contribution is -0.147. The van der Waals surface area contributed by atoms with Gasteiger partial charge in [0.05, 0.1) is 6.61 Å². The summed E-state index contributed by atoms with van der Waals surface area (Å²) in [7, 11) is 0. The topological polar surface area (TPSA) is 66.8 Å². The van der Waals surface area contributed by atoms with Crippen LogP contribution in [0.3, 0.4) is 0 Å². The van der Waals surface area contributed by atoms with Gasteiger partial charge in [-0.3, -0.25) is 4.79 Å². The van der Waals surface area contributed by atoms with Gasteiger partial charge in [0, 0.05) is 6.42 Å². The van der Waals surface area contributed by atoms with Crippen LogP contribution in [0.25, 0.3) is 0 Å². The Hall–Kier alpha value is -0.610. The molecule has 0 saturated heterocycles. The number of ether oxygens (including phenoxy) is 1. The number of hydrogen-bond acceptors (Lipinski definition) is 4. The van der Waals surface area contributed by atoms with Crippen LogP contribution in [0, 0.1) is 0 Å². The summed E-state index contributed by atoms with van der Waals surface area (Å²) in [4.78, 5) is 11.4. The second-order valence-electron chi connectivity index (χ2n) is 8.63. The van der Waals surface area contributed by atoms with E-state index in [0.29, 0.717) is 6.42 Å². The van der Waals surface area contributed by atoms with Gasteiger partial charge < -0.3 is 14.9 Å². The first-order valence-corrected chi connectivity index (χ1v) is 12.6. The minimum absolute atomic E-state index is 0.103. The van der Waals surface area contributed by atoms with Crippen LogP contribution in [0.15, 0.2) is 0 Å². The Balaban J connectivity index is 3.11. The molecule has 0 unspecified atom stereocenters. The quantitative estimate of drug-likeness (QED) is 0.144. The minimum atomic E-state index is -0.955. The van der Waals surface area contributed by atoms with Gasteiger partial charge in [0.25, 0.3) is 0 Å². The third kappa shape index (κ3) is 23.5. The van der Waals surface area contributed by atoms with Crippen molar-refractivity contribution in [3.05, 3.63) is 0 Å². The van der Waals surface area contributed by atoms with E-state index in [9.17, 15) is 4.79 Å². The average Bonchev–Trinajstić information content (AvgIpc) is 2.73. The summed E-state index contributed by atoms with van der Waals surface area (Å²) < 4.78 is 4.88. The van der Waals surface area contributed by atoms with Crippen molar-refractivity contribution in [2.45, 2.75) is 141 Å². The Morgan fingerprint density at radius 3 is 1.34 bits per heavy atom. The summed E-state index contributed by atoms with van der Waals surface area (Å²) in [5, 5.41) is 17.8. The van der Waals surface area contributed by atoms with E-state index in [1.165, 1.54) is 109 Å². The van der Waals surface area contributed by atoms with Crippen molar-refractivity contribution in [3.63, 3.8) is 0 Å². The molecule has 0 saturated carbocycles. The Kier molecular flexibility index (Phi) is 23.2. The predicted octanol–water partition coefficient (Wildman–Crippen LogP) is 6.70. The summed E-state index contributed by atoms with van der Waals surface area (Å²) in [5.41, 5.74) is 0. The third-order valence-corrected chi connectivity index (χ3v) is 5.63. The second-order valence-corrected chi connectivity index (χ2v) is 8.63. The molecule has 0 aromatic rings. The number of carbonyl (C=O) groups is 1. The van der Waals surface area contributed by atoms with Crippen molar-refractivity contribution in [2.75, 3.05) is 13.2 Å². The highest BCUT2D eigenvalue weighted by Crippen LogP contribution is 2.14. The van der Waals surface area contributed by atoms with Crippen LogP contribution in [0.5, 0.6) is 0 Å². The molecule has 0 radical (unpaired) electrons. The fraction of sp³-hybridized carbons (Fsp3) is 0.960. The van der Waals surface area contributed by atoms with Crippen LogP contribution in [0.4, 0.5) is 0 Å². The number of esters is 1. The zero-order valence-corrected chi connectivity index (χ0v) is 19.3. The zero-order valence-electron chi connectivity index (χ0n) is 19.3. The molecule has 29 heavy (non-hydrogen) atoms. The Morgan fingerprint density at radius 1 is 0.655 bits per heavy atom. The van der Waals surface area contributed by atoms with Crippen molar-refractivity contribution < 1.29 is 19.7 Å². The molecule has 0 aromatic carbocycles. The van der Waals surface area contributed by atoms with Gasteiger partial charge in [-0.15, -0.1) is 0 Å². The maximum absolute atomic E-state index is 11.4. The molecule has 0 aliphatic heterocycles. The summed E-state index contributed by atoms with van der Waals surface area (Å²) in [6.07, 6.45) is 24.9. The molecule has 0 heterocycles. The molecule has 0 amide bonds. The van der Waals surface area contributed by atoms with E-state index in [2.05, 4.69) is 6.92 Å². The highest BCUT2D eigenvalue weighted by molar-refractivity contribution is 5.69. The maximum Gasteiger partial charge on any atom is 0.305 e. The van der Waals surface area contributed by atoms with E-state index in [4.69, 9.17) is 14.9 Å². The molecule has 0 fully saturated rings. The van der Waals surface area contributed by atoms with Crippen LogP contribution in [0.2, 0.25) is 0 Å². The highest BCUT2D eigenvalue weighted by atomic mass is 16.5. The molecule has 4 heteroatoms. The van der Waals surface area contributed by atoms with Crippen LogP contribution in [-0.4, -0.2) is 35.5 Å². The normalized spacial score (nSPS) is 12.2. The highest BCUT2D eigenvalue weighted by Gasteiger charge is 2.07. The van der Waals surface area contributed by atoms with Gasteiger partial charge in [-0.25, -0.2) is 0 Å². The van der Waals surface area contributed by atoms with Crippen LogP contribution < -0.4 is 0 Å². The van der Waals surface area contributed by atoms with Crippen molar-refractivity contribution in [1.82, 2.24) is 0 Å². The first kappa shape index (κ1) is 28.4. The smallest absolute Gasteiger partial charge is 0.305 e. The Morgan fingerprint density at radius 2 is 1.00 bits per heavy atom. The molecule has 0 spiro atoms. The first-order valence-electron chi connectivity index (χ1n) is 12.6. The number of rotatable bonds is 23. The van der Waals surface area contributed by atoms with E-state index in [0.717, 1.165) is 12.8 Å². The number of hydrogen-bond donors (Lipinski definition) is 2. The van der Waals surface area contributed by atoms with E-state index in [1.54, 1.807) is 0 Å². The molecular formula is C25H50O4. The number of aliphatic hydroxyl groups excluding tert-OH is 2. The molecule has 0 bridgehead atoms. The first-order chi connectivity index (χ1) is 14.2. The van der Waals surface area contributed by atoms with E-state index in [-0.39, 0.29) is 19.2 Å². The van der Waals surface area contributed by atoms with Gasteiger partial charge >= 0.3 is 5.97 Å². The molecule has 4 nitrogen and oxygen atoms in total. The summed E-state index contributed by atoms with van der Waals surface area (Å²) in [6, 6.07) is 0. The third-order valence-electron chi connectivity index (χ3n) is 5.63. The van der Waals surface area contributed by atoms with Crippen molar-refractivity contribution in [1.29, 1.82) is 0 Å². The fourth-order valence-corrected chi connectivity index (χ4v) is 3.66. The molecular weight excluding hydrogens is 364 g/mol. The van der Waals surface area contributed by atoms with Crippen molar-refractivity contribution >= 4 is 5.97 Å². The largest absolute Gasteiger partial charge is 0.463 e. The van der Waals surface area contributed by atoms with E-state index in [1.807, 2.05) is 0 Å². The number of aliphatic hydroxyl groups is 2. The van der Waals surface area contributed by atoms with Gasteiger partial charge in [0.15, 0.2) is 0 Å². The van der Waals surface area contributed by atoms with Gasteiger partial charge in [0.1, 0.15) is 12.7 Å². The zero-order chi connectivity index (χ0) is 21.4. The molecule has 174 valence electrons. The standard InChI is InChI=1S/C25H50O4/c1-2-3-4-5-6-7-8-9-10-11-12-13-14-15-16-17-18-19-20-21-25(28)29-23-24(27)22-26/h24,26-27H,2-23H2,1H3/t24-/m1/s1. The van der Waals surface area contributed by atoms with E-state index < -0.39 is 6.10 Å². The Labute approximate surface area is 180 Å². The second kappa shape index (κ2) is 23.7. The molecule has 0 aliphatic rings. The summed E-state index contributed by atoms with van der Waals surface area (Å²) >= 11 is 0. The number of carbonyl (C=O) groups excluding carboxylic acids is 1. The SMILES string of the molecule is CCCCCCCCCCCCCCCCCCCCCC(=O)OC[C@H](O)CO. The lowest BCUT2D eigenvalue weighted by Gasteiger charge is -2.08. The number of unbranched alkanes of at least 4 members (excludes halogenated alkanes) is 18. The Bertz CT molecular complexity index is 333. The van der Waals surface area contributed by atoms with Crippen LogP contribution >= 0.6 is 0 Å². The minimum Gasteiger partial charge on any atom is -0.463 e. The molecule has 0 aliphatic carbocycles. The van der Waals surface area contributed by atoms with Gasteiger partial charge in [-0.1, -0.05) is 122 Å². The van der Waals surface area contributed by atoms with Crippen LogP contribution in [0.1, 0.15) is 135 Å². The van der Waals surface area contributed by atoms with Crippen LogP contribution in [-0.2, 0) is 9.53 Å². The van der Waals surface area contributed by atoms with Gasteiger partial charge in [-0.05, 0) is 6.42 Å². The lowest BCUT2D eigenvalue weighted by Crippen LogP contribution is -2.21. The predicted molar refractivity (Wildman–Crippen MR) is 122 cm³/mol. The average molecular weight is 415 g/mol. The van der Waals surface area contributed by atoms with Crippen molar-refractivity contribution in [2.24, 2.45) is 0 Å². The van der Waals surface area contributed by atoms with Crippen molar-refractivity contribution in [3.8, 4) is 0 Å². The molecule has 1 atom stereocenters. The monoisotopic (exact) mass is 414 g/mol. The van der Waals surface area contributed by atoms with Gasteiger partial charge in [-0.2, -0.15) is 0 Å². The summed E-state index contributed by atoms with van der Waals surface area (Å²) in [5.74, 6) is -0.274. The van der Waals surface area contributed by atoms with E-state index >= 15 is 0 Å². The fourth-order valence-electron chi connectivity index (χ4n) is 3.66.